The highest BCUT2D eigenvalue weighted by Gasteiger charge is 2.37. The van der Waals surface area contributed by atoms with Crippen LogP contribution in [0.15, 0.2) is 36.4 Å². The van der Waals surface area contributed by atoms with Gasteiger partial charge in [-0.15, -0.1) is 0 Å². The van der Waals surface area contributed by atoms with Crippen LogP contribution in [-0.4, -0.2) is 52.0 Å². The van der Waals surface area contributed by atoms with Gasteiger partial charge < -0.3 is 14.7 Å². The van der Waals surface area contributed by atoms with Crippen LogP contribution in [0.2, 0.25) is 0 Å². The van der Waals surface area contributed by atoms with Crippen LogP contribution < -0.4 is 4.74 Å². The van der Waals surface area contributed by atoms with E-state index in [1.807, 2.05) is 48.2 Å². The minimum absolute atomic E-state index is 0.00718. The number of piperidine rings is 1. The summed E-state index contributed by atoms with van der Waals surface area (Å²) in [5.41, 5.74) is 1.27. The molecule has 1 aliphatic rings. The van der Waals surface area contributed by atoms with Crippen LogP contribution in [-0.2, 0) is 6.54 Å². The molecular formula is C23H33N3O3. The Kier molecular flexibility index (Phi) is 6.96. The maximum Gasteiger partial charge on any atom is 0.272 e. The van der Waals surface area contributed by atoms with Crippen LogP contribution in [0, 0.1) is 5.41 Å². The maximum atomic E-state index is 13.3. The van der Waals surface area contributed by atoms with Crippen molar-refractivity contribution < 1.29 is 14.6 Å². The predicted molar refractivity (Wildman–Crippen MR) is 113 cm³/mol. The topological polar surface area (TPSA) is 67.6 Å². The number of benzene rings is 1. The van der Waals surface area contributed by atoms with Crippen molar-refractivity contribution >= 4 is 5.91 Å². The minimum Gasteiger partial charge on any atom is -0.494 e. The number of likely N-dealkylation sites (tertiary alicyclic amines) is 1. The summed E-state index contributed by atoms with van der Waals surface area (Å²) in [4.78, 5) is 15.2. The van der Waals surface area contributed by atoms with Crippen LogP contribution in [0.1, 0.15) is 62.1 Å². The molecule has 2 heterocycles. The molecule has 0 spiro atoms. The molecule has 1 aromatic heterocycles. The molecule has 1 saturated heterocycles. The molecule has 6 heteroatoms. The van der Waals surface area contributed by atoms with E-state index in [0.717, 1.165) is 24.3 Å². The number of aliphatic hydroxyl groups excluding tert-OH is 1. The van der Waals surface area contributed by atoms with Gasteiger partial charge in [0.25, 0.3) is 5.91 Å². The molecule has 0 saturated carbocycles. The van der Waals surface area contributed by atoms with Crippen molar-refractivity contribution in [1.82, 2.24) is 14.7 Å². The number of hydrogen-bond acceptors (Lipinski definition) is 4. The molecule has 158 valence electrons. The van der Waals surface area contributed by atoms with E-state index in [1.165, 1.54) is 0 Å². The second-order valence-electron chi connectivity index (χ2n) is 8.32. The number of aliphatic hydroxyl groups is 1. The normalized spacial score (nSPS) is 19.6. The lowest BCUT2D eigenvalue weighted by molar-refractivity contribution is 0.0150. The van der Waals surface area contributed by atoms with Crippen molar-refractivity contribution in [3.05, 3.63) is 47.8 Å². The number of nitrogens with zero attached hydrogens (tertiary/aromatic N) is 3. The van der Waals surface area contributed by atoms with Crippen molar-refractivity contribution in [1.29, 1.82) is 0 Å². The first kappa shape index (κ1) is 21.4. The van der Waals surface area contributed by atoms with Gasteiger partial charge in [-0.3, -0.25) is 9.48 Å². The molecule has 6 nitrogen and oxygen atoms in total. The highest BCUT2D eigenvalue weighted by molar-refractivity contribution is 5.92. The number of ether oxygens (including phenoxy) is 1. The maximum absolute atomic E-state index is 13.3. The molecule has 1 aliphatic heterocycles. The van der Waals surface area contributed by atoms with Gasteiger partial charge in [-0.2, -0.15) is 5.10 Å². The second-order valence-corrected chi connectivity index (χ2v) is 8.32. The number of aromatic nitrogens is 2. The Balaban J connectivity index is 1.68. The lowest BCUT2D eigenvalue weighted by atomic mass is 9.78. The van der Waals surface area contributed by atoms with E-state index in [1.54, 1.807) is 4.68 Å². The number of aryl methyl sites for hydroxylation is 1. The number of para-hydroxylation sites is 1. The van der Waals surface area contributed by atoms with E-state index in [9.17, 15) is 9.90 Å². The van der Waals surface area contributed by atoms with Crippen LogP contribution >= 0.6 is 0 Å². The van der Waals surface area contributed by atoms with Crippen molar-refractivity contribution in [2.45, 2.75) is 52.5 Å². The Bertz CT molecular complexity index is 803. The number of carbonyl (C=O) groups excluding carboxylic acids is 1. The third kappa shape index (κ3) is 4.99. The Morgan fingerprint density at radius 2 is 2.07 bits per heavy atom. The lowest BCUT2D eigenvalue weighted by Gasteiger charge is -2.41. The molecule has 2 aromatic rings. The van der Waals surface area contributed by atoms with Gasteiger partial charge in [0, 0.05) is 25.0 Å². The smallest absolute Gasteiger partial charge is 0.272 e. The van der Waals surface area contributed by atoms with Gasteiger partial charge in [-0.25, -0.2) is 0 Å². The molecule has 1 atom stereocenters. The summed E-state index contributed by atoms with van der Waals surface area (Å²) in [6, 6.07) is 11.6. The van der Waals surface area contributed by atoms with Crippen LogP contribution in [0.4, 0.5) is 0 Å². The molecule has 1 aromatic carbocycles. The van der Waals surface area contributed by atoms with E-state index in [0.29, 0.717) is 38.4 Å². The van der Waals surface area contributed by atoms with Crippen molar-refractivity contribution in [2.24, 2.45) is 5.41 Å². The first-order valence-electron chi connectivity index (χ1n) is 10.6. The number of amides is 1. The van der Waals surface area contributed by atoms with E-state index >= 15 is 0 Å². The molecule has 29 heavy (non-hydrogen) atoms. The zero-order chi connectivity index (χ0) is 20.9. The van der Waals surface area contributed by atoms with Gasteiger partial charge in [-0.05, 0) is 50.3 Å². The fourth-order valence-corrected chi connectivity index (χ4v) is 3.99. The Hall–Kier alpha value is -2.34. The van der Waals surface area contributed by atoms with Crippen LogP contribution in [0.5, 0.6) is 5.75 Å². The van der Waals surface area contributed by atoms with Crippen molar-refractivity contribution in [3.8, 4) is 5.75 Å². The third-order valence-corrected chi connectivity index (χ3v) is 5.84. The highest BCUT2D eigenvalue weighted by atomic mass is 16.5. The Morgan fingerprint density at radius 3 is 2.72 bits per heavy atom. The lowest BCUT2D eigenvalue weighted by Crippen LogP contribution is -2.48. The van der Waals surface area contributed by atoms with Gasteiger partial charge in [0.1, 0.15) is 11.4 Å². The summed E-state index contributed by atoms with van der Waals surface area (Å²) in [5.74, 6) is 1.12. The molecule has 1 fully saturated rings. The molecular weight excluding hydrogens is 366 g/mol. The Labute approximate surface area is 173 Å². The van der Waals surface area contributed by atoms with Crippen LogP contribution in [0.3, 0.4) is 0 Å². The van der Waals surface area contributed by atoms with Gasteiger partial charge in [0.2, 0.25) is 0 Å². The summed E-state index contributed by atoms with van der Waals surface area (Å²) in [6.45, 7) is 8.68. The fraction of sp³-hybridized carbons (Fsp3) is 0.565. The summed E-state index contributed by atoms with van der Waals surface area (Å²) < 4.78 is 7.65. The molecule has 1 amide bonds. The quantitative estimate of drug-likeness (QED) is 0.735. The second kappa shape index (κ2) is 9.44. The van der Waals surface area contributed by atoms with Gasteiger partial charge in [-0.1, -0.05) is 32.0 Å². The third-order valence-electron chi connectivity index (χ3n) is 5.84. The fourth-order valence-electron chi connectivity index (χ4n) is 3.99. The molecule has 0 aliphatic carbocycles. The van der Waals surface area contributed by atoms with Gasteiger partial charge >= 0.3 is 0 Å². The zero-order valence-corrected chi connectivity index (χ0v) is 17.8. The highest BCUT2D eigenvalue weighted by Crippen LogP contribution is 2.34. The van der Waals surface area contributed by atoms with Crippen LogP contribution in [0.25, 0.3) is 0 Å². The first-order valence-corrected chi connectivity index (χ1v) is 10.6. The Morgan fingerprint density at radius 1 is 1.31 bits per heavy atom. The SMILES string of the molecule is CCn1nc(C(C)C)cc1C(=O)N1CCC[C@](CO)(CCOc2ccccc2)C1. The van der Waals surface area contributed by atoms with E-state index in [-0.39, 0.29) is 23.8 Å². The standard InChI is InChI=1S/C23H33N3O3/c1-4-26-21(15-20(24-26)18(2)3)22(28)25-13-8-11-23(16-25,17-27)12-14-29-19-9-6-5-7-10-19/h5-7,9-10,15,18,27H,4,8,11-14,16-17H2,1-3H3/t23-/m0/s1. The van der Waals surface area contributed by atoms with Crippen molar-refractivity contribution in [2.75, 3.05) is 26.3 Å². The first-order chi connectivity index (χ1) is 14.0. The summed E-state index contributed by atoms with van der Waals surface area (Å²) in [5, 5.41) is 14.8. The zero-order valence-electron chi connectivity index (χ0n) is 17.8. The number of hydrogen-bond donors (Lipinski definition) is 1. The average molecular weight is 400 g/mol. The average Bonchev–Trinajstić information content (AvgIpc) is 3.19. The van der Waals surface area contributed by atoms with E-state index in [4.69, 9.17) is 4.74 Å². The minimum atomic E-state index is -0.319. The van der Waals surface area contributed by atoms with E-state index in [2.05, 4.69) is 18.9 Å². The molecule has 0 unspecified atom stereocenters. The summed E-state index contributed by atoms with van der Waals surface area (Å²) >= 11 is 0. The molecule has 0 bridgehead atoms. The molecule has 3 rings (SSSR count). The van der Waals surface area contributed by atoms with Crippen molar-refractivity contribution in [3.63, 3.8) is 0 Å². The van der Waals surface area contributed by atoms with Gasteiger partial charge in [0.15, 0.2) is 0 Å². The predicted octanol–water partition coefficient (Wildman–Crippen LogP) is 3.71. The summed E-state index contributed by atoms with van der Waals surface area (Å²) in [6.07, 6.45) is 2.50. The monoisotopic (exact) mass is 399 g/mol. The molecule has 0 radical (unpaired) electrons. The number of carbonyl (C=O) groups is 1. The molecule has 1 N–H and O–H groups in total. The largest absolute Gasteiger partial charge is 0.494 e. The van der Waals surface area contributed by atoms with E-state index < -0.39 is 0 Å². The number of rotatable bonds is 8. The van der Waals surface area contributed by atoms with Gasteiger partial charge in [0.05, 0.1) is 18.9 Å². The summed E-state index contributed by atoms with van der Waals surface area (Å²) in [7, 11) is 0.